The lowest BCUT2D eigenvalue weighted by molar-refractivity contribution is -0.0271. The highest BCUT2D eigenvalue weighted by Crippen LogP contribution is 2.02. The molecule has 0 radical (unpaired) electrons. The summed E-state index contributed by atoms with van der Waals surface area (Å²) in [5.74, 6) is 0. The minimum Gasteiger partial charge on any atom is -0.438 e. The van der Waals surface area contributed by atoms with Crippen LogP contribution < -0.4 is 0 Å². The summed E-state index contributed by atoms with van der Waals surface area (Å²) in [6.45, 7) is 3.55. The lowest BCUT2D eigenvalue weighted by Gasteiger charge is -2.17. The molecule has 0 heterocycles. The molecule has 0 amide bonds. The number of rotatable bonds is 3. The highest BCUT2D eigenvalue weighted by atomic mass is 16.7. The molecule has 4 heteroatoms. The molecule has 0 saturated carbocycles. The Morgan fingerprint density at radius 1 is 1.18 bits per heavy atom. The first-order chi connectivity index (χ1) is 5.11. The van der Waals surface area contributed by atoms with Crippen molar-refractivity contribution >= 4 is 6.16 Å². The molecule has 0 spiro atoms. The summed E-state index contributed by atoms with van der Waals surface area (Å²) < 4.78 is 14.0. The number of hydrogen-bond acceptors (Lipinski definition) is 4. The van der Waals surface area contributed by atoms with Gasteiger partial charge in [-0.05, 0) is 13.8 Å². The molecule has 0 saturated heterocycles. The van der Waals surface area contributed by atoms with Crippen LogP contribution in [0.4, 0.5) is 4.79 Å². The van der Waals surface area contributed by atoms with Gasteiger partial charge in [0.15, 0.2) is 0 Å². The van der Waals surface area contributed by atoms with Crippen LogP contribution in [-0.4, -0.2) is 32.6 Å². The fourth-order valence-corrected chi connectivity index (χ4v) is 0.487. The molecule has 0 aliphatic carbocycles. The molecule has 0 rings (SSSR count). The summed E-state index contributed by atoms with van der Waals surface area (Å²) in [6.07, 6.45) is -1.08. The largest absolute Gasteiger partial charge is 0.508 e. The van der Waals surface area contributed by atoms with E-state index in [9.17, 15) is 4.79 Å². The van der Waals surface area contributed by atoms with Gasteiger partial charge in [-0.25, -0.2) is 4.79 Å². The Bertz CT molecular complexity index is 124. The van der Waals surface area contributed by atoms with Crippen LogP contribution in [0.5, 0.6) is 0 Å². The first kappa shape index (κ1) is 10.2. The predicted octanol–water partition coefficient (Wildman–Crippen LogP) is 1.19. The molecule has 0 aliphatic heterocycles. The normalized spacial score (nSPS) is 15.3. The Hall–Kier alpha value is -0.770. The quantitative estimate of drug-likeness (QED) is 0.585. The lowest BCUT2D eigenvalue weighted by Crippen LogP contribution is -2.27. The average Bonchev–Trinajstić information content (AvgIpc) is 2.02. The van der Waals surface area contributed by atoms with Gasteiger partial charge in [0.05, 0.1) is 13.2 Å². The Balaban J connectivity index is 3.67. The van der Waals surface area contributed by atoms with Crippen molar-refractivity contribution < 1.29 is 19.0 Å². The van der Waals surface area contributed by atoms with E-state index in [2.05, 4.69) is 4.74 Å². The van der Waals surface area contributed by atoms with Gasteiger partial charge in [-0.15, -0.1) is 0 Å². The third kappa shape index (κ3) is 3.83. The van der Waals surface area contributed by atoms with E-state index in [1.807, 2.05) is 6.92 Å². The molecule has 0 aromatic carbocycles. The summed E-state index contributed by atoms with van der Waals surface area (Å²) in [7, 11) is 2.83. The molecule has 66 valence electrons. The van der Waals surface area contributed by atoms with Gasteiger partial charge in [-0.2, -0.15) is 0 Å². The van der Waals surface area contributed by atoms with Crippen molar-refractivity contribution in [3.05, 3.63) is 0 Å². The SMILES string of the molecule is COC(=O)OC(C)C(C)OC. The lowest BCUT2D eigenvalue weighted by atomic mass is 10.2. The van der Waals surface area contributed by atoms with Crippen molar-refractivity contribution in [1.29, 1.82) is 0 Å². The van der Waals surface area contributed by atoms with Crippen molar-refractivity contribution in [3.63, 3.8) is 0 Å². The molecule has 2 unspecified atom stereocenters. The second-order valence-electron chi connectivity index (χ2n) is 2.22. The summed E-state index contributed by atoms with van der Waals surface area (Å²) in [6, 6.07) is 0. The van der Waals surface area contributed by atoms with E-state index in [4.69, 9.17) is 9.47 Å². The van der Waals surface area contributed by atoms with E-state index in [1.54, 1.807) is 14.0 Å². The molecule has 11 heavy (non-hydrogen) atoms. The first-order valence-corrected chi connectivity index (χ1v) is 3.39. The van der Waals surface area contributed by atoms with Gasteiger partial charge >= 0.3 is 6.16 Å². The zero-order chi connectivity index (χ0) is 8.85. The zero-order valence-corrected chi connectivity index (χ0v) is 7.29. The molecular weight excluding hydrogens is 148 g/mol. The van der Waals surface area contributed by atoms with Crippen molar-refractivity contribution in [2.24, 2.45) is 0 Å². The number of carbonyl (C=O) groups is 1. The maximum Gasteiger partial charge on any atom is 0.508 e. The number of carbonyl (C=O) groups excluding carboxylic acids is 1. The molecule has 0 aliphatic rings. The van der Waals surface area contributed by atoms with Gasteiger partial charge in [0.25, 0.3) is 0 Å². The fourth-order valence-electron chi connectivity index (χ4n) is 0.487. The van der Waals surface area contributed by atoms with Crippen LogP contribution in [0.1, 0.15) is 13.8 Å². The van der Waals surface area contributed by atoms with Gasteiger partial charge in [-0.1, -0.05) is 0 Å². The Morgan fingerprint density at radius 2 is 1.73 bits per heavy atom. The Morgan fingerprint density at radius 3 is 2.09 bits per heavy atom. The number of ether oxygens (including phenoxy) is 3. The van der Waals surface area contributed by atoms with Crippen molar-refractivity contribution in [3.8, 4) is 0 Å². The minimum atomic E-state index is -0.679. The van der Waals surface area contributed by atoms with E-state index in [-0.39, 0.29) is 12.2 Å². The van der Waals surface area contributed by atoms with E-state index >= 15 is 0 Å². The smallest absolute Gasteiger partial charge is 0.438 e. The van der Waals surface area contributed by atoms with Crippen molar-refractivity contribution in [1.82, 2.24) is 0 Å². The van der Waals surface area contributed by atoms with Crippen molar-refractivity contribution in [2.75, 3.05) is 14.2 Å². The molecule has 0 aromatic heterocycles. The maximum atomic E-state index is 10.5. The molecule has 0 fully saturated rings. The number of hydrogen-bond donors (Lipinski definition) is 0. The fraction of sp³-hybridized carbons (Fsp3) is 0.857. The standard InChI is InChI=1S/C7H14O4/c1-5(9-3)6(2)11-7(8)10-4/h5-6H,1-4H3. The monoisotopic (exact) mass is 162 g/mol. The second-order valence-corrected chi connectivity index (χ2v) is 2.22. The van der Waals surface area contributed by atoms with Crippen LogP contribution in [0.15, 0.2) is 0 Å². The third-order valence-corrected chi connectivity index (χ3v) is 1.48. The molecular formula is C7H14O4. The Labute approximate surface area is 66.4 Å². The van der Waals surface area contributed by atoms with Crippen LogP contribution >= 0.6 is 0 Å². The van der Waals surface area contributed by atoms with E-state index < -0.39 is 6.16 Å². The molecule has 2 atom stereocenters. The number of methoxy groups -OCH3 is 2. The van der Waals surface area contributed by atoms with Gasteiger partial charge in [0, 0.05) is 7.11 Å². The highest BCUT2D eigenvalue weighted by molar-refractivity contribution is 5.59. The summed E-state index contributed by atoms with van der Waals surface area (Å²) >= 11 is 0. The van der Waals surface area contributed by atoms with E-state index in [1.165, 1.54) is 7.11 Å². The maximum absolute atomic E-state index is 10.5. The van der Waals surface area contributed by atoms with Crippen LogP contribution in [0.2, 0.25) is 0 Å². The van der Waals surface area contributed by atoms with Gasteiger partial charge < -0.3 is 14.2 Å². The average molecular weight is 162 g/mol. The molecule has 4 nitrogen and oxygen atoms in total. The summed E-state index contributed by atoms with van der Waals surface area (Å²) in [5.41, 5.74) is 0. The second kappa shape index (κ2) is 4.96. The van der Waals surface area contributed by atoms with Crippen LogP contribution in [0.3, 0.4) is 0 Å². The zero-order valence-electron chi connectivity index (χ0n) is 7.29. The van der Waals surface area contributed by atoms with Crippen LogP contribution in [0, 0.1) is 0 Å². The molecule has 0 bridgehead atoms. The summed E-state index contributed by atoms with van der Waals surface area (Å²) in [5, 5.41) is 0. The first-order valence-electron chi connectivity index (χ1n) is 3.39. The van der Waals surface area contributed by atoms with Gasteiger partial charge in [0.2, 0.25) is 0 Å². The highest BCUT2D eigenvalue weighted by Gasteiger charge is 2.15. The molecule has 0 N–H and O–H groups in total. The van der Waals surface area contributed by atoms with E-state index in [0.717, 1.165) is 0 Å². The minimum absolute atomic E-state index is 0.117. The van der Waals surface area contributed by atoms with Crippen LogP contribution in [-0.2, 0) is 14.2 Å². The van der Waals surface area contributed by atoms with Gasteiger partial charge in [0.1, 0.15) is 6.10 Å². The summed E-state index contributed by atoms with van der Waals surface area (Å²) in [4.78, 5) is 10.5. The predicted molar refractivity (Wildman–Crippen MR) is 39.4 cm³/mol. The van der Waals surface area contributed by atoms with Gasteiger partial charge in [-0.3, -0.25) is 0 Å². The van der Waals surface area contributed by atoms with E-state index in [0.29, 0.717) is 0 Å². The van der Waals surface area contributed by atoms with Crippen LogP contribution in [0.25, 0.3) is 0 Å². The Kier molecular flexibility index (Phi) is 4.61. The molecule has 0 aromatic rings. The topological polar surface area (TPSA) is 44.8 Å². The van der Waals surface area contributed by atoms with Crippen molar-refractivity contribution in [2.45, 2.75) is 26.1 Å². The third-order valence-electron chi connectivity index (χ3n) is 1.48.